The number of hydrogen-bond donors (Lipinski definition) is 2. The minimum absolute atomic E-state index is 0.484. The van der Waals surface area contributed by atoms with E-state index in [1.165, 1.54) is 6.20 Å². The molecule has 0 aliphatic rings. The van der Waals surface area contributed by atoms with Gasteiger partial charge in [-0.2, -0.15) is 0 Å². The van der Waals surface area contributed by atoms with Crippen LogP contribution in [0.15, 0.2) is 12.5 Å². The Labute approximate surface area is 94.7 Å². The third-order valence-electron chi connectivity index (χ3n) is 2.72. The molecule has 1 heterocycles. The molecule has 0 saturated heterocycles. The van der Waals surface area contributed by atoms with E-state index in [1.54, 1.807) is 17.9 Å². The van der Waals surface area contributed by atoms with E-state index in [-0.39, 0.29) is 0 Å². The molecule has 1 rings (SSSR count). The maximum Gasteiger partial charge on any atom is 0.309 e. The minimum Gasteiger partial charge on any atom is -0.481 e. The molecule has 5 nitrogen and oxygen atoms in total. The second-order valence-electron chi connectivity index (χ2n) is 3.96. The van der Waals surface area contributed by atoms with Crippen LogP contribution in [0.25, 0.3) is 0 Å². The van der Waals surface area contributed by atoms with Crippen LogP contribution in [0.2, 0.25) is 0 Å². The number of aliphatic hydroxyl groups excluding tert-OH is 1. The highest BCUT2D eigenvalue weighted by Crippen LogP contribution is 2.25. The average Bonchev–Trinajstić information content (AvgIpc) is 2.64. The Morgan fingerprint density at radius 1 is 1.62 bits per heavy atom. The van der Waals surface area contributed by atoms with E-state index in [2.05, 4.69) is 4.98 Å². The van der Waals surface area contributed by atoms with Crippen LogP contribution >= 0.6 is 0 Å². The molecule has 1 aromatic heterocycles. The van der Waals surface area contributed by atoms with E-state index < -0.39 is 18.0 Å². The summed E-state index contributed by atoms with van der Waals surface area (Å²) in [5, 5.41) is 19.1. The smallest absolute Gasteiger partial charge is 0.309 e. The third kappa shape index (κ3) is 2.82. The van der Waals surface area contributed by atoms with Gasteiger partial charge in [-0.3, -0.25) is 4.79 Å². The van der Waals surface area contributed by atoms with Gasteiger partial charge in [0.05, 0.1) is 24.1 Å². The average molecular weight is 226 g/mol. The van der Waals surface area contributed by atoms with E-state index in [4.69, 9.17) is 5.11 Å². The highest BCUT2D eigenvalue weighted by molar-refractivity contribution is 5.70. The molecule has 1 aromatic rings. The van der Waals surface area contributed by atoms with Crippen molar-refractivity contribution in [2.24, 2.45) is 13.0 Å². The van der Waals surface area contributed by atoms with Gasteiger partial charge in [0.2, 0.25) is 0 Å². The number of aliphatic hydroxyl groups is 1. The number of aromatic nitrogens is 2. The van der Waals surface area contributed by atoms with E-state index in [9.17, 15) is 9.90 Å². The fourth-order valence-electron chi connectivity index (χ4n) is 1.70. The van der Waals surface area contributed by atoms with Crippen molar-refractivity contribution in [2.75, 3.05) is 0 Å². The molecule has 0 radical (unpaired) electrons. The summed E-state index contributed by atoms with van der Waals surface area (Å²) in [6.45, 7) is 2.00. The molecule has 0 fully saturated rings. The summed E-state index contributed by atoms with van der Waals surface area (Å²) in [5.41, 5.74) is 0.545. The molecule has 0 bridgehead atoms. The second kappa shape index (κ2) is 5.65. The van der Waals surface area contributed by atoms with Crippen LogP contribution < -0.4 is 0 Å². The van der Waals surface area contributed by atoms with Crippen LogP contribution in [0.1, 0.15) is 38.0 Å². The predicted octanol–water partition coefficient (Wildman–Crippen LogP) is 1.34. The topological polar surface area (TPSA) is 75.3 Å². The molecule has 5 heteroatoms. The van der Waals surface area contributed by atoms with Crippen LogP contribution in [-0.4, -0.2) is 25.7 Å². The van der Waals surface area contributed by atoms with Crippen molar-refractivity contribution in [3.05, 3.63) is 18.2 Å². The lowest BCUT2D eigenvalue weighted by Crippen LogP contribution is -2.23. The number of hydrogen-bond acceptors (Lipinski definition) is 3. The number of imidazole rings is 1. The number of carboxylic acid groups (broad SMARTS) is 1. The normalized spacial score (nSPS) is 14.7. The van der Waals surface area contributed by atoms with Gasteiger partial charge in [0.15, 0.2) is 0 Å². The molecule has 0 spiro atoms. The first-order valence-corrected chi connectivity index (χ1v) is 5.45. The Kier molecular flexibility index (Phi) is 4.49. The van der Waals surface area contributed by atoms with Gasteiger partial charge in [-0.1, -0.05) is 19.8 Å². The van der Waals surface area contributed by atoms with Crippen molar-refractivity contribution < 1.29 is 15.0 Å². The lowest BCUT2D eigenvalue weighted by atomic mass is 9.94. The SMILES string of the molecule is CCCCC(C(=O)O)C(O)c1cncn1C. The summed E-state index contributed by atoms with van der Waals surface area (Å²) >= 11 is 0. The van der Waals surface area contributed by atoms with Crippen molar-refractivity contribution in [1.82, 2.24) is 9.55 Å². The molecule has 90 valence electrons. The minimum atomic E-state index is -0.989. The van der Waals surface area contributed by atoms with Crippen molar-refractivity contribution in [3.8, 4) is 0 Å². The molecule has 2 atom stereocenters. The Balaban J connectivity index is 2.78. The summed E-state index contributed by atoms with van der Waals surface area (Å²) in [6.07, 6.45) is 4.27. The molecule has 0 amide bonds. The number of aryl methyl sites for hydroxylation is 1. The van der Waals surface area contributed by atoms with Crippen molar-refractivity contribution in [1.29, 1.82) is 0 Å². The zero-order chi connectivity index (χ0) is 12.1. The first kappa shape index (κ1) is 12.7. The van der Waals surface area contributed by atoms with Crippen LogP contribution in [0.5, 0.6) is 0 Å². The maximum atomic E-state index is 11.1. The van der Waals surface area contributed by atoms with Gasteiger partial charge in [0, 0.05) is 7.05 Å². The van der Waals surface area contributed by atoms with Gasteiger partial charge >= 0.3 is 5.97 Å². The highest BCUT2D eigenvalue weighted by Gasteiger charge is 2.28. The van der Waals surface area contributed by atoms with Crippen LogP contribution in [0.4, 0.5) is 0 Å². The number of carbonyl (C=O) groups is 1. The summed E-state index contributed by atoms with van der Waals surface area (Å²) in [6, 6.07) is 0. The molecule has 0 saturated carbocycles. The Morgan fingerprint density at radius 2 is 2.31 bits per heavy atom. The van der Waals surface area contributed by atoms with Crippen LogP contribution in [0, 0.1) is 5.92 Å². The molecular formula is C11H18N2O3. The van der Waals surface area contributed by atoms with Gasteiger partial charge in [-0.05, 0) is 6.42 Å². The summed E-state index contributed by atoms with van der Waals surface area (Å²) in [4.78, 5) is 14.9. The number of nitrogens with zero attached hydrogens (tertiary/aromatic N) is 2. The molecule has 0 aliphatic carbocycles. The standard InChI is InChI=1S/C11H18N2O3/c1-3-4-5-8(11(15)16)10(14)9-6-12-7-13(9)2/h6-8,10,14H,3-5H2,1-2H3,(H,15,16). The quantitative estimate of drug-likeness (QED) is 0.767. The predicted molar refractivity (Wildman–Crippen MR) is 58.8 cm³/mol. The van der Waals surface area contributed by atoms with Crippen molar-refractivity contribution >= 4 is 5.97 Å². The number of unbranched alkanes of at least 4 members (excludes halogenated alkanes) is 1. The maximum absolute atomic E-state index is 11.1. The zero-order valence-corrected chi connectivity index (χ0v) is 9.63. The molecule has 2 unspecified atom stereocenters. The van der Waals surface area contributed by atoms with Crippen molar-refractivity contribution in [3.63, 3.8) is 0 Å². The van der Waals surface area contributed by atoms with Gasteiger partial charge in [-0.25, -0.2) is 4.98 Å². The monoisotopic (exact) mass is 226 g/mol. The highest BCUT2D eigenvalue weighted by atomic mass is 16.4. The molecule has 0 aliphatic heterocycles. The summed E-state index contributed by atoms with van der Waals surface area (Å²) < 4.78 is 1.65. The van der Waals surface area contributed by atoms with Gasteiger partial charge in [0.1, 0.15) is 6.10 Å². The summed E-state index contributed by atoms with van der Waals surface area (Å²) in [7, 11) is 1.74. The largest absolute Gasteiger partial charge is 0.481 e. The first-order valence-electron chi connectivity index (χ1n) is 5.45. The fraction of sp³-hybridized carbons (Fsp3) is 0.636. The molecule has 16 heavy (non-hydrogen) atoms. The first-order chi connectivity index (χ1) is 7.57. The third-order valence-corrected chi connectivity index (χ3v) is 2.72. The molecular weight excluding hydrogens is 208 g/mol. The number of carboxylic acids is 1. The number of aliphatic carboxylic acids is 1. The molecule has 0 aromatic carbocycles. The van der Waals surface area contributed by atoms with Crippen molar-refractivity contribution in [2.45, 2.75) is 32.3 Å². The zero-order valence-electron chi connectivity index (χ0n) is 9.63. The van der Waals surface area contributed by atoms with Crippen LogP contribution in [-0.2, 0) is 11.8 Å². The van der Waals surface area contributed by atoms with Gasteiger partial charge in [0.25, 0.3) is 0 Å². The lowest BCUT2D eigenvalue weighted by Gasteiger charge is -2.19. The van der Waals surface area contributed by atoms with E-state index in [0.717, 1.165) is 12.8 Å². The Morgan fingerprint density at radius 3 is 2.75 bits per heavy atom. The van der Waals surface area contributed by atoms with E-state index in [1.807, 2.05) is 6.92 Å². The fourth-order valence-corrected chi connectivity index (χ4v) is 1.70. The van der Waals surface area contributed by atoms with Gasteiger partial charge < -0.3 is 14.8 Å². The lowest BCUT2D eigenvalue weighted by molar-refractivity contribution is -0.146. The Hall–Kier alpha value is -1.36. The van der Waals surface area contributed by atoms with Gasteiger partial charge in [-0.15, -0.1) is 0 Å². The second-order valence-corrected chi connectivity index (χ2v) is 3.96. The number of rotatable bonds is 6. The van der Waals surface area contributed by atoms with Crippen LogP contribution in [0.3, 0.4) is 0 Å². The summed E-state index contributed by atoms with van der Waals surface area (Å²) in [5.74, 6) is -1.71. The van der Waals surface area contributed by atoms with E-state index in [0.29, 0.717) is 12.1 Å². The van der Waals surface area contributed by atoms with E-state index >= 15 is 0 Å². The molecule has 2 N–H and O–H groups in total. The Bertz CT molecular complexity index is 349.